The van der Waals surface area contributed by atoms with Crippen LogP contribution in [0, 0.1) is 11.8 Å². The number of esters is 1. The fraction of sp³-hybridized carbons (Fsp3) is 0.750. The maximum absolute atomic E-state index is 10.9. The minimum absolute atomic E-state index is 0.1000. The largest absolute Gasteiger partial charge is 0.462 e. The van der Waals surface area contributed by atoms with E-state index in [0.29, 0.717) is 11.8 Å². The second-order valence-electron chi connectivity index (χ2n) is 4.48. The highest BCUT2D eigenvalue weighted by molar-refractivity contribution is 5.66. The average Bonchev–Trinajstić information content (AvgIpc) is 2.07. The van der Waals surface area contributed by atoms with Crippen LogP contribution in [-0.2, 0) is 9.53 Å². The molecule has 2 nitrogen and oxygen atoms in total. The minimum atomic E-state index is -0.163. The van der Waals surface area contributed by atoms with Gasteiger partial charge in [-0.25, -0.2) is 0 Å². The monoisotopic (exact) mass is 196 g/mol. The van der Waals surface area contributed by atoms with Crippen LogP contribution in [0.3, 0.4) is 0 Å². The van der Waals surface area contributed by atoms with Crippen LogP contribution >= 0.6 is 0 Å². The van der Waals surface area contributed by atoms with Crippen LogP contribution in [0.15, 0.2) is 12.2 Å². The molecule has 0 aliphatic heterocycles. The van der Waals surface area contributed by atoms with Crippen molar-refractivity contribution in [2.45, 2.75) is 46.1 Å². The van der Waals surface area contributed by atoms with Crippen LogP contribution in [0.4, 0.5) is 0 Å². The summed E-state index contributed by atoms with van der Waals surface area (Å²) in [5, 5.41) is 0. The lowest BCUT2D eigenvalue weighted by atomic mass is 9.78. The van der Waals surface area contributed by atoms with E-state index in [1.807, 2.05) is 0 Å². The predicted molar refractivity (Wildman–Crippen MR) is 56.9 cm³/mol. The Hall–Kier alpha value is -0.790. The van der Waals surface area contributed by atoms with Gasteiger partial charge in [-0.05, 0) is 38.0 Å². The van der Waals surface area contributed by atoms with Crippen molar-refractivity contribution in [1.29, 1.82) is 0 Å². The molecule has 1 saturated carbocycles. The van der Waals surface area contributed by atoms with Crippen LogP contribution in [-0.4, -0.2) is 12.1 Å². The Bertz CT molecular complexity index is 232. The SMILES string of the molecule is C=C(C)[C@@H]1CC[C@@H](C)[C@H](OC(C)=O)C1. The lowest BCUT2D eigenvalue weighted by molar-refractivity contribution is -0.151. The summed E-state index contributed by atoms with van der Waals surface area (Å²) in [7, 11) is 0. The Morgan fingerprint density at radius 3 is 2.50 bits per heavy atom. The van der Waals surface area contributed by atoms with Crippen molar-refractivity contribution in [3.05, 3.63) is 12.2 Å². The topological polar surface area (TPSA) is 26.3 Å². The minimum Gasteiger partial charge on any atom is -0.462 e. The molecule has 1 rings (SSSR count). The molecule has 0 aromatic carbocycles. The summed E-state index contributed by atoms with van der Waals surface area (Å²) in [4.78, 5) is 10.9. The second-order valence-corrected chi connectivity index (χ2v) is 4.48. The molecule has 0 aromatic rings. The molecule has 2 heteroatoms. The molecule has 1 aliphatic rings. The lowest BCUT2D eigenvalue weighted by Crippen LogP contribution is -2.31. The molecule has 1 fully saturated rings. The molecule has 0 bridgehead atoms. The van der Waals surface area contributed by atoms with E-state index in [1.54, 1.807) is 0 Å². The second kappa shape index (κ2) is 4.63. The summed E-state index contributed by atoms with van der Waals surface area (Å²) in [5.74, 6) is 0.870. The van der Waals surface area contributed by atoms with E-state index in [0.717, 1.165) is 12.8 Å². The Balaban J connectivity index is 2.55. The zero-order valence-corrected chi connectivity index (χ0v) is 9.38. The maximum Gasteiger partial charge on any atom is 0.302 e. The Morgan fingerprint density at radius 1 is 1.36 bits per heavy atom. The third-order valence-electron chi connectivity index (χ3n) is 3.14. The van der Waals surface area contributed by atoms with Crippen molar-refractivity contribution in [1.82, 2.24) is 0 Å². The molecule has 14 heavy (non-hydrogen) atoms. The molecule has 0 N–H and O–H groups in total. The Labute approximate surface area is 86.3 Å². The summed E-state index contributed by atoms with van der Waals surface area (Å²) in [6, 6.07) is 0. The van der Waals surface area contributed by atoms with E-state index < -0.39 is 0 Å². The van der Waals surface area contributed by atoms with Crippen molar-refractivity contribution in [2.75, 3.05) is 0 Å². The summed E-state index contributed by atoms with van der Waals surface area (Å²) in [6.07, 6.45) is 3.38. The molecule has 0 spiro atoms. The number of carbonyl (C=O) groups is 1. The van der Waals surface area contributed by atoms with Gasteiger partial charge in [0.05, 0.1) is 0 Å². The van der Waals surface area contributed by atoms with Gasteiger partial charge < -0.3 is 4.74 Å². The number of ether oxygens (including phenoxy) is 1. The fourth-order valence-electron chi connectivity index (χ4n) is 2.11. The smallest absolute Gasteiger partial charge is 0.302 e. The van der Waals surface area contributed by atoms with Crippen molar-refractivity contribution in [3.8, 4) is 0 Å². The van der Waals surface area contributed by atoms with Crippen molar-refractivity contribution in [3.63, 3.8) is 0 Å². The molecule has 3 atom stereocenters. The number of allylic oxidation sites excluding steroid dienone is 1. The van der Waals surface area contributed by atoms with Gasteiger partial charge in [0.2, 0.25) is 0 Å². The highest BCUT2D eigenvalue weighted by Crippen LogP contribution is 2.34. The maximum atomic E-state index is 10.9. The molecule has 0 radical (unpaired) electrons. The quantitative estimate of drug-likeness (QED) is 0.501. The van der Waals surface area contributed by atoms with Crippen molar-refractivity contribution < 1.29 is 9.53 Å². The van der Waals surface area contributed by atoms with Crippen LogP contribution in [0.2, 0.25) is 0 Å². The standard InChI is InChI=1S/C12H20O2/c1-8(2)11-6-5-9(3)12(7-11)14-10(4)13/h9,11-12H,1,5-7H2,2-4H3/t9-,11-,12-/m1/s1. The molecular weight excluding hydrogens is 176 g/mol. The van der Waals surface area contributed by atoms with Crippen LogP contribution in [0.1, 0.15) is 40.0 Å². The van der Waals surface area contributed by atoms with E-state index in [9.17, 15) is 4.79 Å². The molecular formula is C12H20O2. The zero-order chi connectivity index (χ0) is 10.7. The van der Waals surface area contributed by atoms with Crippen molar-refractivity contribution in [2.24, 2.45) is 11.8 Å². The van der Waals surface area contributed by atoms with Crippen LogP contribution in [0.25, 0.3) is 0 Å². The number of rotatable bonds is 2. The lowest BCUT2D eigenvalue weighted by Gasteiger charge is -2.33. The molecule has 80 valence electrons. The van der Waals surface area contributed by atoms with Gasteiger partial charge in [-0.3, -0.25) is 4.79 Å². The van der Waals surface area contributed by atoms with Crippen LogP contribution in [0.5, 0.6) is 0 Å². The van der Waals surface area contributed by atoms with Gasteiger partial charge in [0, 0.05) is 6.92 Å². The van der Waals surface area contributed by atoms with Gasteiger partial charge in [0.15, 0.2) is 0 Å². The normalized spacial score (nSPS) is 32.4. The molecule has 1 aliphatic carbocycles. The third kappa shape index (κ3) is 2.86. The average molecular weight is 196 g/mol. The summed E-state index contributed by atoms with van der Waals surface area (Å²) in [6.45, 7) is 9.68. The first-order valence-electron chi connectivity index (χ1n) is 5.33. The van der Waals surface area contributed by atoms with Crippen LogP contribution < -0.4 is 0 Å². The van der Waals surface area contributed by atoms with Crippen molar-refractivity contribution >= 4 is 5.97 Å². The predicted octanol–water partition coefficient (Wildman–Crippen LogP) is 2.93. The van der Waals surface area contributed by atoms with Gasteiger partial charge in [-0.15, -0.1) is 0 Å². The molecule has 0 amide bonds. The molecule has 0 aromatic heterocycles. The first-order valence-corrected chi connectivity index (χ1v) is 5.33. The zero-order valence-electron chi connectivity index (χ0n) is 9.38. The van der Waals surface area contributed by atoms with E-state index in [4.69, 9.17) is 4.74 Å². The number of hydrogen-bond acceptors (Lipinski definition) is 2. The van der Waals surface area contributed by atoms with Gasteiger partial charge in [-0.1, -0.05) is 19.1 Å². The fourth-order valence-corrected chi connectivity index (χ4v) is 2.11. The first kappa shape index (κ1) is 11.3. The third-order valence-corrected chi connectivity index (χ3v) is 3.14. The Morgan fingerprint density at radius 2 is 2.00 bits per heavy atom. The van der Waals surface area contributed by atoms with E-state index in [1.165, 1.54) is 18.9 Å². The first-order chi connectivity index (χ1) is 6.50. The number of hydrogen-bond donors (Lipinski definition) is 0. The molecule has 0 unspecified atom stereocenters. The summed E-state index contributed by atoms with van der Waals surface area (Å²) in [5.41, 5.74) is 1.22. The highest BCUT2D eigenvalue weighted by atomic mass is 16.5. The highest BCUT2D eigenvalue weighted by Gasteiger charge is 2.29. The molecule has 0 heterocycles. The molecule has 0 saturated heterocycles. The van der Waals surface area contributed by atoms with Gasteiger partial charge in [0.1, 0.15) is 6.10 Å². The van der Waals surface area contributed by atoms with E-state index in [2.05, 4.69) is 20.4 Å². The van der Waals surface area contributed by atoms with Gasteiger partial charge in [0.25, 0.3) is 0 Å². The van der Waals surface area contributed by atoms with Gasteiger partial charge in [-0.2, -0.15) is 0 Å². The summed E-state index contributed by atoms with van der Waals surface area (Å²) >= 11 is 0. The van der Waals surface area contributed by atoms with E-state index >= 15 is 0 Å². The van der Waals surface area contributed by atoms with E-state index in [-0.39, 0.29) is 12.1 Å². The summed E-state index contributed by atoms with van der Waals surface area (Å²) < 4.78 is 5.30. The number of carbonyl (C=O) groups excluding carboxylic acids is 1. The Kier molecular flexibility index (Phi) is 3.73. The van der Waals surface area contributed by atoms with Gasteiger partial charge >= 0.3 is 5.97 Å².